The van der Waals surface area contributed by atoms with Crippen LogP contribution >= 0.6 is 11.8 Å². The normalized spacial score (nSPS) is 12.8. The smallest absolute Gasteiger partial charge is 0.138 e. The van der Waals surface area contributed by atoms with Gasteiger partial charge in [-0.1, -0.05) is 36.4 Å². The third-order valence-corrected chi connectivity index (χ3v) is 4.27. The van der Waals surface area contributed by atoms with Gasteiger partial charge in [-0.05, 0) is 30.9 Å². The maximum absolute atomic E-state index is 10.6. The molecular weight excluding hydrogens is 268 g/mol. The largest absolute Gasteiger partial charge is 0.458 e. The molecule has 1 heterocycles. The second kappa shape index (κ2) is 5.35. The molecule has 0 aliphatic rings. The molecule has 3 heteroatoms. The highest BCUT2D eigenvalue weighted by Gasteiger charge is 2.18. The molecule has 0 aliphatic heterocycles. The fourth-order valence-electron chi connectivity index (χ4n) is 2.41. The minimum atomic E-state index is -0.731. The van der Waals surface area contributed by atoms with Crippen LogP contribution in [-0.4, -0.2) is 11.4 Å². The van der Waals surface area contributed by atoms with Crippen LogP contribution in [0.2, 0.25) is 0 Å². The van der Waals surface area contributed by atoms with Gasteiger partial charge in [0.05, 0.1) is 0 Å². The first-order valence-electron chi connectivity index (χ1n) is 6.50. The van der Waals surface area contributed by atoms with Gasteiger partial charge in [0.1, 0.15) is 17.4 Å². The Balaban J connectivity index is 2.08. The van der Waals surface area contributed by atoms with Crippen LogP contribution in [0.3, 0.4) is 0 Å². The van der Waals surface area contributed by atoms with Crippen LogP contribution in [0.25, 0.3) is 11.0 Å². The molecule has 0 radical (unpaired) electrons. The monoisotopic (exact) mass is 284 g/mol. The van der Waals surface area contributed by atoms with Crippen molar-refractivity contribution in [2.45, 2.75) is 17.9 Å². The SMILES string of the molecule is CSc1ccccc1C(O)c1cc2cccc(C)c2o1. The third-order valence-electron chi connectivity index (χ3n) is 3.46. The number of thioether (sulfide) groups is 1. The van der Waals surface area contributed by atoms with E-state index in [1.54, 1.807) is 11.8 Å². The predicted molar refractivity (Wildman–Crippen MR) is 83.2 cm³/mol. The third kappa shape index (κ3) is 2.23. The first-order chi connectivity index (χ1) is 9.70. The molecule has 3 rings (SSSR count). The summed E-state index contributed by atoms with van der Waals surface area (Å²) in [4.78, 5) is 1.07. The van der Waals surface area contributed by atoms with Crippen molar-refractivity contribution in [1.29, 1.82) is 0 Å². The van der Waals surface area contributed by atoms with Gasteiger partial charge < -0.3 is 9.52 Å². The van der Waals surface area contributed by atoms with E-state index in [9.17, 15) is 5.11 Å². The Morgan fingerprint density at radius 2 is 1.90 bits per heavy atom. The minimum absolute atomic E-state index is 0.593. The van der Waals surface area contributed by atoms with E-state index in [-0.39, 0.29) is 0 Å². The van der Waals surface area contributed by atoms with Crippen molar-refractivity contribution in [3.05, 3.63) is 65.4 Å². The molecular formula is C17H16O2S. The predicted octanol–water partition coefficient (Wildman–Crippen LogP) is 4.54. The first kappa shape index (κ1) is 13.3. The molecule has 2 nitrogen and oxygen atoms in total. The highest BCUT2D eigenvalue weighted by molar-refractivity contribution is 7.98. The van der Waals surface area contributed by atoms with Crippen LogP contribution in [0.15, 0.2) is 57.8 Å². The molecule has 0 aliphatic carbocycles. The lowest BCUT2D eigenvalue weighted by molar-refractivity contribution is 0.189. The van der Waals surface area contributed by atoms with E-state index >= 15 is 0 Å². The molecule has 2 aromatic carbocycles. The number of para-hydroxylation sites is 1. The van der Waals surface area contributed by atoms with Gasteiger partial charge in [-0.15, -0.1) is 11.8 Å². The lowest BCUT2D eigenvalue weighted by Gasteiger charge is -2.11. The summed E-state index contributed by atoms with van der Waals surface area (Å²) in [6.45, 7) is 2.01. The number of rotatable bonds is 3. The average molecular weight is 284 g/mol. The molecule has 1 aromatic heterocycles. The van der Waals surface area contributed by atoms with Crippen LogP contribution in [0.5, 0.6) is 0 Å². The van der Waals surface area contributed by atoms with Gasteiger partial charge in [0, 0.05) is 15.8 Å². The molecule has 102 valence electrons. The van der Waals surface area contributed by atoms with Crippen molar-refractivity contribution in [3.63, 3.8) is 0 Å². The number of aryl methyl sites for hydroxylation is 1. The van der Waals surface area contributed by atoms with Gasteiger partial charge in [-0.3, -0.25) is 0 Å². The Labute approximate surface area is 122 Å². The van der Waals surface area contributed by atoms with E-state index in [1.165, 1.54) is 0 Å². The summed E-state index contributed by atoms with van der Waals surface area (Å²) in [6.07, 6.45) is 1.28. The van der Waals surface area contributed by atoms with Gasteiger partial charge in [0.25, 0.3) is 0 Å². The highest BCUT2D eigenvalue weighted by Crippen LogP contribution is 2.33. The van der Waals surface area contributed by atoms with Crippen LogP contribution in [0.4, 0.5) is 0 Å². The molecule has 0 spiro atoms. The van der Waals surface area contributed by atoms with Crippen LogP contribution < -0.4 is 0 Å². The van der Waals surface area contributed by atoms with Gasteiger partial charge >= 0.3 is 0 Å². The minimum Gasteiger partial charge on any atom is -0.458 e. The van der Waals surface area contributed by atoms with Gasteiger partial charge in [-0.2, -0.15) is 0 Å². The summed E-state index contributed by atoms with van der Waals surface area (Å²) in [5, 5.41) is 11.6. The van der Waals surface area contributed by atoms with E-state index in [4.69, 9.17) is 4.42 Å². The Bertz CT molecular complexity index is 746. The molecule has 1 atom stereocenters. The standard InChI is InChI=1S/C17H16O2S/c1-11-6-5-7-12-10-14(19-17(11)12)16(18)13-8-3-4-9-15(13)20-2/h3-10,16,18H,1-2H3. The molecule has 0 amide bonds. The van der Waals surface area contributed by atoms with Gasteiger partial charge in [-0.25, -0.2) is 0 Å². The number of hydrogen-bond acceptors (Lipinski definition) is 3. The van der Waals surface area contributed by atoms with Crippen molar-refractivity contribution in [2.24, 2.45) is 0 Å². The summed E-state index contributed by atoms with van der Waals surface area (Å²) in [5.41, 5.74) is 2.82. The molecule has 0 saturated carbocycles. The van der Waals surface area contributed by atoms with Gasteiger partial charge in [0.2, 0.25) is 0 Å². The van der Waals surface area contributed by atoms with E-state index < -0.39 is 6.10 Å². The lowest BCUT2D eigenvalue weighted by Crippen LogP contribution is -1.99. The topological polar surface area (TPSA) is 33.4 Å². The summed E-state index contributed by atoms with van der Waals surface area (Å²) in [5.74, 6) is 0.593. The quantitative estimate of drug-likeness (QED) is 0.717. The number of hydrogen-bond donors (Lipinski definition) is 1. The van der Waals surface area contributed by atoms with Crippen LogP contribution in [0, 0.1) is 6.92 Å². The zero-order valence-corrected chi connectivity index (χ0v) is 12.3. The molecule has 0 fully saturated rings. The Morgan fingerprint density at radius 1 is 1.10 bits per heavy atom. The van der Waals surface area contributed by atoms with Crippen molar-refractivity contribution in [3.8, 4) is 0 Å². The maximum atomic E-state index is 10.6. The number of fused-ring (bicyclic) bond motifs is 1. The van der Waals surface area contributed by atoms with E-state index in [0.717, 1.165) is 27.0 Å². The number of benzene rings is 2. The fourth-order valence-corrected chi connectivity index (χ4v) is 3.04. The summed E-state index contributed by atoms with van der Waals surface area (Å²) in [6, 6.07) is 15.8. The average Bonchev–Trinajstić information content (AvgIpc) is 2.92. The van der Waals surface area contributed by atoms with Crippen molar-refractivity contribution in [2.75, 3.05) is 6.26 Å². The Hall–Kier alpha value is -1.71. The van der Waals surface area contributed by atoms with E-state index in [0.29, 0.717) is 5.76 Å². The Kier molecular flexibility index (Phi) is 3.55. The maximum Gasteiger partial charge on any atom is 0.138 e. The highest BCUT2D eigenvalue weighted by atomic mass is 32.2. The summed E-state index contributed by atoms with van der Waals surface area (Å²) >= 11 is 1.63. The molecule has 20 heavy (non-hydrogen) atoms. The summed E-state index contributed by atoms with van der Waals surface area (Å²) < 4.78 is 5.86. The van der Waals surface area contributed by atoms with Gasteiger partial charge in [0.15, 0.2) is 0 Å². The zero-order valence-electron chi connectivity index (χ0n) is 11.5. The number of aliphatic hydroxyl groups is 1. The Morgan fingerprint density at radius 3 is 2.65 bits per heavy atom. The fraction of sp³-hybridized carbons (Fsp3) is 0.176. The van der Waals surface area contributed by atoms with Crippen molar-refractivity contribution >= 4 is 22.7 Å². The molecule has 3 aromatic rings. The molecule has 1 N–H and O–H groups in total. The van der Waals surface area contributed by atoms with Crippen LogP contribution in [-0.2, 0) is 0 Å². The number of furan rings is 1. The molecule has 1 unspecified atom stereocenters. The van der Waals surface area contributed by atoms with Crippen LogP contribution in [0.1, 0.15) is 23.0 Å². The van der Waals surface area contributed by atoms with E-state index in [2.05, 4.69) is 0 Å². The molecule has 0 saturated heterocycles. The lowest BCUT2D eigenvalue weighted by atomic mass is 10.1. The second-order valence-corrected chi connectivity index (χ2v) is 5.63. The zero-order chi connectivity index (χ0) is 14.1. The van der Waals surface area contributed by atoms with Crippen molar-refractivity contribution in [1.82, 2.24) is 0 Å². The first-order valence-corrected chi connectivity index (χ1v) is 7.73. The van der Waals surface area contributed by atoms with E-state index in [1.807, 2.05) is 61.7 Å². The summed E-state index contributed by atoms with van der Waals surface area (Å²) in [7, 11) is 0. The molecule has 0 bridgehead atoms. The van der Waals surface area contributed by atoms with Crippen molar-refractivity contribution < 1.29 is 9.52 Å². The number of aliphatic hydroxyl groups excluding tert-OH is 1. The second-order valence-electron chi connectivity index (χ2n) is 4.79.